The first-order valence-corrected chi connectivity index (χ1v) is 13.3. The Morgan fingerprint density at radius 1 is 0.947 bits per heavy atom. The number of anilines is 1. The molecule has 0 saturated carbocycles. The van der Waals surface area contributed by atoms with Crippen LogP contribution in [0.5, 0.6) is 5.75 Å². The van der Waals surface area contributed by atoms with Crippen LogP contribution in [0.1, 0.15) is 37.5 Å². The molecule has 0 radical (unpaired) electrons. The highest BCUT2D eigenvalue weighted by Crippen LogP contribution is 2.28. The van der Waals surface area contributed by atoms with Gasteiger partial charge in [-0.3, -0.25) is 4.79 Å². The number of rotatable bonds is 9. The molecule has 0 atom stereocenters. The van der Waals surface area contributed by atoms with Gasteiger partial charge in [-0.1, -0.05) is 36.4 Å². The molecule has 0 spiro atoms. The molecule has 0 fully saturated rings. The minimum atomic E-state index is -4.56. The first kappa shape index (κ1) is 28.5. The fraction of sp³-hybridized carbons (Fsp3) is 0.286. The summed E-state index contributed by atoms with van der Waals surface area (Å²) in [7, 11) is -4.56. The summed E-state index contributed by atoms with van der Waals surface area (Å²) in [5.74, 6) is -0.942. The van der Waals surface area contributed by atoms with E-state index in [2.05, 4.69) is 38.1 Å². The summed E-state index contributed by atoms with van der Waals surface area (Å²) >= 11 is 0. The third-order valence-corrected chi connectivity index (χ3v) is 6.75. The molecular formula is C28H32N2O7S. The lowest BCUT2D eigenvalue weighted by molar-refractivity contribution is -0.135. The number of carbonyl (C=O) groups is 2. The van der Waals surface area contributed by atoms with E-state index < -0.39 is 34.4 Å². The van der Waals surface area contributed by atoms with Crippen LogP contribution in [0.4, 0.5) is 10.5 Å². The average Bonchev–Trinajstić information content (AvgIpc) is 2.80. The number of hydrogen-bond acceptors (Lipinski definition) is 6. The standard InChI is InChI=1S/C28H32N2O7S/c1-19-8-6-9-20(2)26(19)22-11-7-10-21(16-22)18-36-24-14-12-23(13-15-24)30(17-25(31)32)38(34,35)29-27(33)37-28(3,4)5/h6-16H,17-18H2,1-5H3,(H,29,33)(H,31,32). The minimum Gasteiger partial charge on any atom is -0.489 e. The fourth-order valence-corrected chi connectivity index (χ4v) is 4.90. The van der Waals surface area contributed by atoms with E-state index in [1.165, 1.54) is 41.0 Å². The second kappa shape index (κ2) is 11.6. The summed E-state index contributed by atoms with van der Waals surface area (Å²) in [5, 5.41) is 9.26. The van der Waals surface area contributed by atoms with Gasteiger partial charge in [0.05, 0.1) is 5.69 Å². The zero-order valence-corrected chi connectivity index (χ0v) is 22.8. The molecule has 0 aliphatic heterocycles. The van der Waals surface area contributed by atoms with Crippen molar-refractivity contribution in [3.05, 3.63) is 83.4 Å². The number of aryl methyl sites for hydroxylation is 2. The first-order valence-electron chi connectivity index (χ1n) is 11.9. The maximum absolute atomic E-state index is 12.8. The molecule has 202 valence electrons. The predicted octanol–water partition coefficient (Wildman–Crippen LogP) is 5.21. The topological polar surface area (TPSA) is 122 Å². The molecule has 0 unspecified atom stereocenters. The normalized spacial score (nSPS) is 11.5. The number of nitrogens with one attached hydrogen (secondary N) is 1. The van der Waals surface area contributed by atoms with Gasteiger partial charge in [0.1, 0.15) is 24.5 Å². The average molecular weight is 541 g/mol. The summed E-state index contributed by atoms with van der Waals surface area (Å²) in [5.41, 5.74) is 4.68. The van der Waals surface area contributed by atoms with Crippen LogP contribution < -0.4 is 13.8 Å². The van der Waals surface area contributed by atoms with Crippen molar-refractivity contribution in [2.24, 2.45) is 0 Å². The minimum absolute atomic E-state index is 0.0350. The molecule has 3 rings (SSSR count). The molecule has 3 aromatic rings. The highest BCUT2D eigenvalue weighted by Gasteiger charge is 2.29. The molecule has 0 aliphatic carbocycles. The van der Waals surface area contributed by atoms with Crippen LogP contribution in [0.3, 0.4) is 0 Å². The number of carbonyl (C=O) groups excluding carboxylic acids is 1. The van der Waals surface area contributed by atoms with Crippen molar-refractivity contribution >= 4 is 28.0 Å². The van der Waals surface area contributed by atoms with Crippen LogP contribution >= 0.6 is 0 Å². The molecular weight excluding hydrogens is 508 g/mol. The quantitative estimate of drug-likeness (QED) is 0.382. The van der Waals surface area contributed by atoms with Gasteiger partial charge in [0, 0.05) is 0 Å². The van der Waals surface area contributed by atoms with Crippen LogP contribution in [0.25, 0.3) is 11.1 Å². The monoisotopic (exact) mass is 540 g/mol. The van der Waals surface area contributed by atoms with Crippen LogP contribution in [0.2, 0.25) is 0 Å². The molecule has 9 nitrogen and oxygen atoms in total. The maximum Gasteiger partial charge on any atom is 0.422 e. The summed E-state index contributed by atoms with van der Waals surface area (Å²) in [6, 6.07) is 20.1. The maximum atomic E-state index is 12.8. The predicted molar refractivity (Wildman–Crippen MR) is 145 cm³/mol. The van der Waals surface area contributed by atoms with Crippen molar-refractivity contribution in [3.8, 4) is 16.9 Å². The lowest BCUT2D eigenvalue weighted by Gasteiger charge is -2.25. The lowest BCUT2D eigenvalue weighted by atomic mass is 9.95. The number of amides is 1. The third kappa shape index (κ3) is 7.72. The SMILES string of the molecule is Cc1cccc(C)c1-c1cccc(COc2ccc(N(CC(=O)O)S(=O)(=O)NC(=O)OC(C)(C)C)cc2)c1. The number of carboxylic acids is 1. The molecule has 0 saturated heterocycles. The summed E-state index contributed by atoms with van der Waals surface area (Å²) < 4.78 is 38.7. The summed E-state index contributed by atoms with van der Waals surface area (Å²) in [6.07, 6.45) is -1.21. The van der Waals surface area contributed by atoms with Gasteiger partial charge in [-0.15, -0.1) is 0 Å². The van der Waals surface area contributed by atoms with Gasteiger partial charge >= 0.3 is 22.3 Å². The van der Waals surface area contributed by atoms with Crippen molar-refractivity contribution < 1.29 is 32.6 Å². The summed E-state index contributed by atoms with van der Waals surface area (Å²) in [6.45, 7) is 8.25. The molecule has 0 aromatic heterocycles. The number of ether oxygens (including phenoxy) is 2. The third-order valence-electron chi connectivity index (χ3n) is 5.41. The highest BCUT2D eigenvalue weighted by molar-refractivity contribution is 7.91. The van der Waals surface area contributed by atoms with Gasteiger partial charge < -0.3 is 14.6 Å². The Bertz CT molecular complexity index is 1390. The van der Waals surface area contributed by atoms with E-state index in [4.69, 9.17) is 9.47 Å². The van der Waals surface area contributed by atoms with E-state index in [0.29, 0.717) is 10.1 Å². The Morgan fingerprint density at radius 2 is 1.55 bits per heavy atom. The molecule has 2 N–H and O–H groups in total. The van der Waals surface area contributed by atoms with Gasteiger partial charge in [-0.25, -0.2) is 13.8 Å². The van der Waals surface area contributed by atoms with Gasteiger partial charge in [0.25, 0.3) is 0 Å². The Balaban J connectivity index is 1.74. The largest absolute Gasteiger partial charge is 0.489 e. The van der Waals surface area contributed by atoms with Crippen molar-refractivity contribution in [3.63, 3.8) is 0 Å². The van der Waals surface area contributed by atoms with Crippen molar-refractivity contribution in [2.45, 2.75) is 46.8 Å². The number of benzene rings is 3. The Labute approximate surface area is 223 Å². The Kier molecular flexibility index (Phi) is 8.67. The second-order valence-electron chi connectivity index (χ2n) is 9.76. The summed E-state index contributed by atoms with van der Waals surface area (Å²) in [4.78, 5) is 23.4. The molecule has 1 amide bonds. The van der Waals surface area contributed by atoms with E-state index in [9.17, 15) is 23.1 Å². The van der Waals surface area contributed by atoms with Gasteiger partial charge in [-0.2, -0.15) is 8.42 Å². The zero-order chi connectivity index (χ0) is 28.1. The molecule has 38 heavy (non-hydrogen) atoms. The number of aliphatic carboxylic acids is 1. The fourth-order valence-electron chi connectivity index (χ4n) is 3.86. The second-order valence-corrected chi connectivity index (χ2v) is 11.4. The number of nitrogens with zero attached hydrogens (tertiary/aromatic N) is 1. The Hall–Kier alpha value is -4.05. The van der Waals surface area contributed by atoms with Crippen molar-refractivity contribution in [2.75, 3.05) is 10.8 Å². The van der Waals surface area contributed by atoms with E-state index in [1.807, 2.05) is 18.2 Å². The van der Waals surface area contributed by atoms with Gasteiger partial charge in [0.15, 0.2) is 0 Å². The molecule has 10 heteroatoms. The highest BCUT2D eigenvalue weighted by atomic mass is 32.2. The van der Waals surface area contributed by atoms with E-state index in [0.717, 1.165) is 11.1 Å². The smallest absolute Gasteiger partial charge is 0.422 e. The molecule has 0 heterocycles. The lowest BCUT2D eigenvalue weighted by Crippen LogP contribution is -2.47. The number of hydrogen-bond donors (Lipinski definition) is 2. The molecule has 0 aliphatic rings. The molecule has 3 aromatic carbocycles. The van der Waals surface area contributed by atoms with E-state index in [-0.39, 0.29) is 12.3 Å². The zero-order valence-electron chi connectivity index (χ0n) is 22.0. The Morgan fingerprint density at radius 3 is 2.13 bits per heavy atom. The van der Waals surface area contributed by atoms with Crippen molar-refractivity contribution in [1.29, 1.82) is 0 Å². The van der Waals surface area contributed by atoms with Crippen molar-refractivity contribution in [1.82, 2.24) is 4.72 Å². The van der Waals surface area contributed by atoms with Crippen LogP contribution in [0.15, 0.2) is 66.7 Å². The number of carboxylic acid groups (broad SMARTS) is 1. The van der Waals surface area contributed by atoms with Crippen LogP contribution in [0, 0.1) is 13.8 Å². The van der Waals surface area contributed by atoms with Crippen LogP contribution in [-0.2, 0) is 26.3 Å². The van der Waals surface area contributed by atoms with Gasteiger partial charge in [-0.05, 0) is 92.8 Å². The van der Waals surface area contributed by atoms with E-state index in [1.54, 1.807) is 25.5 Å². The van der Waals surface area contributed by atoms with E-state index >= 15 is 0 Å². The van der Waals surface area contributed by atoms with Gasteiger partial charge in [0.2, 0.25) is 0 Å². The van der Waals surface area contributed by atoms with Crippen LogP contribution in [-0.4, -0.2) is 37.7 Å². The first-order chi connectivity index (χ1) is 17.7. The molecule has 0 bridgehead atoms.